The Bertz CT molecular complexity index is 478. The van der Waals surface area contributed by atoms with Crippen LogP contribution in [0.3, 0.4) is 0 Å². The van der Waals surface area contributed by atoms with Crippen LogP contribution in [-0.4, -0.2) is 19.0 Å². The zero-order chi connectivity index (χ0) is 15.1. The van der Waals surface area contributed by atoms with Gasteiger partial charge in [-0.15, -0.1) is 11.3 Å². The molecule has 0 spiro atoms. The topological polar surface area (TPSA) is 55.4 Å². The van der Waals surface area contributed by atoms with Crippen LogP contribution in [-0.2, 0) is 9.53 Å². The van der Waals surface area contributed by atoms with Crippen molar-refractivity contribution < 1.29 is 14.3 Å². The molecule has 0 bridgehead atoms. The molecule has 4 nitrogen and oxygen atoms in total. The molecular weight excluding hydrogens is 286 g/mol. The maximum Gasteiger partial charge on any atom is 0.350 e. The number of thiophene rings is 1. The summed E-state index contributed by atoms with van der Waals surface area (Å²) in [5, 5.41) is 4.60. The van der Waals surface area contributed by atoms with Gasteiger partial charge in [0.25, 0.3) is 0 Å². The van der Waals surface area contributed by atoms with Crippen LogP contribution in [0.4, 0.5) is 5.69 Å². The van der Waals surface area contributed by atoms with Crippen molar-refractivity contribution in [3.8, 4) is 0 Å². The molecule has 2 rings (SSSR count). The summed E-state index contributed by atoms with van der Waals surface area (Å²) in [6.07, 6.45) is 9.27. The van der Waals surface area contributed by atoms with Crippen molar-refractivity contribution >= 4 is 28.9 Å². The smallest absolute Gasteiger partial charge is 0.350 e. The molecule has 1 amide bonds. The number of nitrogens with one attached hydrogen (secondary N) is 1. The Morgan fingerprint density at radius 3 is 2.81 bits per heavy atom. The fourth-order valence-electron chi connectivity index (χ4n) is 2.90. The largest absolute Gasteiger partial charge is 0.465 e. The molecule has 5 heteroatoms. The number of hydrogen-bond acceptors (Lipinski definition) is 4. The standard InChI is InChI=1S/C16H23NO3S/c1-20-16(19)15-13(10-11-21-15)17-14(18)9-5-8-12-6-3-2-4-7-12/h10-12H,2-9H2,1H3,(H,17,18). The molecule has 0 aromatic carbocycles. The minimum atomic E-state index is -0.400. The first kappa shape index (κ1) is 16.0. The molecule has 1 aliphatic rings. The monoisotopic (exact) mass is 309 g/mol. The van der Waals surface area contributed by atoms with Crippen LogP contribution in [0, 0.1) is 5.92 Å². The van der Waals surface area contributed by atoms with E-state index in [0.717, 1.165) is 18.8 Å². The molecule has 0 radical (unpaired) electrons. The second-order valence-corrected chi connectivity index (χ2v) is 6.52. The number of hydrogen-bond donors (Lipinski definition) is 1. The number of anilines is 1. The number of amides is 1. The predicted octanol–water partition coefficient (Wildman–Crippen LogP) is 4.22. The van der Waals surface area contributed by atoms with Gasteiger partial charge in [0.05, 0.1) is 12.8 Å². The van der Waals surface area contributed by atoms with E-state index in [0.29, 0.717) is 17.0 Å². The van der Waals surface area contributed by atoms with Gasteiger partial charge in [-0.05, 0) is 30.2 Å². The van der Waals surface area contributed by atoms with E-state index < -0.39 is 5.97 Å². The molecule has 21 heavy (non-hydrogen) atoms. The van der Waals surface area contributed by atoms with E-state index in [1.165, 1.54) is 50.6 Å². The lowest BCUT2D eigenvalue weighted by atomic mass is 9.86. The van der Waals surface area contributed by atoms with Gasteiger partial charge in [-0.25, -0.2) is 4.79 Å². The molecule has 1 aromatic heterocycles. The average Bonchev–Trinajstić information content (AvgIpc) is 2.95. The Hall–Kier alpha value is -1.36. The first-order valence-corrected chi connectivity index (χ1v) is 8.54. The highest BCUT2D eigenvalue weighted by Gasteiger charge is 2.16. The van der Waals surface area contributed by atoms with Crippen LogP contribution in [0.25, 0.3) is 0 Å². The van der Waals surface area contributed by atoms with E-state index in [1.54, 1.807) is 11.4 Å². The van der Waals surface area contributed by atoms with Crippen molar-refractivity contribution in [1.29, 1.82) is 0 Å². The summed E-state index contributed by atoms with van der Waals surface area (Å²) in [5.74, 6) is 0.384. The van der Waals surface area contributed by atoms with Gasteiger partial charge in [-0.1, -0.05) is 32.1 Å². The van der Waals surface area contributed by atoms with Crippen molar-refractivity contribution in [2.45, 2.75) is 51.4 Å². The number of esters is 1. The fraction of sp³-hybridized carbons (Fsp3) is 0.625. The third kappa shape index (κ3) is 4.84. The summed E-state index contributed by atoms with van der Waals surface area (Å²) in [4.78, 5) is 23.9. The first-order valence-electron chi connectivity index (χ1n) is 7.66. The molecule has 1 aromatic rings. The maximum atomic E-state index is 12.0. The van der Waals surface area contributed by atoms with Crippen molar-refractivity contribution in [3.63, 3.8) is 0 Å². The highest BCUT2D eigenvalue weighted by atomic mass is 32.1. The van der Waals surface area contributed by atoms with Gasteiger partial charge in [0.1, 0.15) is 4.88 Å². The third-order valence-corrected chi connectivity index (χ3v) is 4.95. The highest BCUT2D eigenvalue weighted by Crippen LogP contribution is 2.28. The van der Waals surface area contributed by atoms with Crippen LogP contribution >= 0.6 is 11.3 Å². The van der Waals surface area contributed by atoms with Gasteiger partial charge < -0.3 is 10.1 Å². The van der Waals surface area contributed by atoms with Crippen LogP contribution in [0.2, 0.25) is 0 Å². The fourth-order valence-corrected chi connectivity index (χ4v) is 3.66. The average molecular weight is 309 g/mol. The Morgan fingerprint density at radius 1 is 1.33 bits per heavy atom. The van der Waals surface area contributed by atoms with Crippen molar-refractivity contribution in [2.24, 2.45) is 5.92 Å². The number of methoxy groups -OCH3 is 1. The summed E-state index contributed by atoms with van der Waals surface area (Å²) < 4.78 is 4.70. The minimum absolute atomic E-state index is 0.0191. The number of rotatable bonds is 6. The number of carbonyl (C=O) groups is 2. The molecule has 1 saturated carbocycles. The molecule has 1 heterocycles. The van der Waals surface area contributed by atoms with Gasteiger partial charge in [0.15, 0.2) is 0 Å². The van der Waals surface area contributed by atoms with E-state index in [9.17, 15) is 9.59 Å². The normalized spacial score (nSPS) is 15.7. The third-order valence-electron chi connectivity index (χ3n) is 4.05. The molecule has 1 aliphatic carbocycles. The van der Waals surface area contributed by atoms with Crippen molar-refractivity contribution in [1.82, 2.24) is 0 Å². The van der Waals surface area contributed by atoms with Crippen LogP contribution < -0.4 is 5.32 Å². The predicted molar refractivity (Wildman–Crippen MR) is 84.7 cm³/mol. The summed E-state index contributed by atoms with van der Waals surface area (Å²) in [7, 11) is 1.35. The summed E-state index contributed by atoms with van der Waals surface area (Å²) in [6.45, 7) is 0. The summed E-state index contributed by atoms with van der Waals surface area (Å²) in [5.41, 5.74) is 0.564. The number of carbonyl (C=O) groups excluding carboxylic acids is 2. The van der Waals surface area contributed by atoms with E-state index in [1.807, 2.05) is 0 Å². The van der Waals surface area contributed by atoms with Gasteiger partial charge in [-0.3, -0.25) is 4.79 Å². The minimum Gasteiger partial charge on any atom is -0.465 e. The highest BCUT2D eigenvalue weighted by molar-refractivity contribution is 7.12. The van der Waals surface area contributed by atoms with Gasteiger partial charge in [0, 0.05) is 6.42 Å². The van der Waals surface area contributed by atoms with Gasteiger partial charge in [0.2, 0.25) is 5.91 Å². The molecule has 0 atom stereocenters. The van der Waals surface area contributed by atoms with E-state index in [-0.39, 0.29) is 5.91 Å². The Kier molecular flexibility index (Phi) is 6.23. The Morgan fingerprint density at radius 2 is 2.10 bits per heavy atom. The summed E-state index contributed by atoms with van der Waals surface area (Å²) in [6, 6.07) is 1.75. The molecule has 0 unspecified atom stereocenters. The first-order chi connectivity index (χ1) is 10.2. The lowest BCUT2D eigenvalue weighted by Crippen LogP contribution is -2.14. The second kappa shape index (κ2) is 8.17. The summed E-state index contributed by atoms with van der Waals surface area (Å²) >= 11 is 1.28. The molecule has 0 saturated heterocycles. The molecular formula is C16H23NO3S. The lowest BCUT2D eigenvalue weighted by molar-refractivity contribution is -0.116. The zero-order valence-electron chi connectivity index (χ0n) is 12.5. The SMILES string of the molecule is COC(=O)c1sccc1NC(=O)CCCC1CCCCC1. The number of ether oxygens (including phenoxy) is 1. The zero-order valence-corrected chi connectivity index (χ0v) is 13.3. The molecule has 1 fully saturated rings. The lowest BCUT2D eigenvalue weighted by Gasteiger charge is -2.21. The van der Waals surface area contributed by atoms with E-state index in [4.69, 9.17) is 4.74 Å². The molecule has 116 valence electrons. The van der Waals surface area contributed by atoms with Gasteiger partial charge in [-0.2, -0.15) is 0 Å². The Balaban J connectivity index is 1.74. The second-order valence-electron chi connectivity index (χ2n) is 5.60. The van der Waals surface area contributed by atoms with Crippen molar-refractivity contribution in [2.75, 3.05) is 12.4 Å². The van der Waals surface area contributed by atoms with Crippen molar-refractivity contribution in [3.05, 3.63) is 16.3 Å². The van der Waals surface area contributed by atoms with Gasteiger partial charge >= 0.3 is 5.97 Å². The van der Waals surface area contributed by atoms with Crippen LogP contribution in [0.5, 0.6) is 0 Å². The Labute approximate surface area is 129 Å². The maximum absolute atomic E-state index is 12.0. The van der Waals surface area contributed by atoms with E-state index >= 15 is 0 Å². The van der Waals surface area contributed by atoms with Crippen LogP contribution in [0.15, 0.2) is 11.4 Å². The van der Waals surface area contributed by atoms with E-state index in [2.05, 4.69) is 5.32 Å². The van der Waals surface area contributed by atoms with Crippen LogP contribution in [0.1, 0.15) is 61.0 Å². The quantitative estimate of drug-likeness (QED) is 0.800. The molecule has 1 N–H and O–H groups in total. The molecule has 0 aliphatic heterocycles.